The van der Waals surface area contributed by atoms with E-state index in [1.54, 1.807) is 24.3 Å². The molecule has 0 spiro atoms. The maximum Gasteiger partial charge on any atom is 0.310 e. The fourth-order valence-corrected chi connectivity index (χ4v) is 2.83. The summed E-state index contributed by atoms with van der Waals surface area (Å²) in [5.74, 6) is -0.929. The molecular formula is C22H19NO4. The number of rotatable bonds is 6. The van der Waals surface area contributed by atoms with Gasteiger partial charge in [0.15, 0.2) is 12.4 Å². The largest absolute Gasteiger partial charge is 0.457 e. The standard InChI is InChI=1S/C22H19NO4/c1-15(24)23-19-11-9-17(10-12-19)21(25)14-27-22(26)13-18-7-4-6-16-5-2-3-8-20(16)18/h2-12H,13-14H2,1H3,(H,23,24). The number of carbonyl (C=O) groups is 3. The molecule has 1 N–H and O–H groups in total. The smallest absolute Gasteiger partial charge is 0.310 e. The third kappa shape index (κ3) is 4.79. The normalized spacial score (nSPS) is 10.4. The molecule has 0 saturated heterocycles. The van der Waals surface area contributed by atoms with E-state index in [0.29, 0.717) is 11.3 Å². The van der Waals surface area contributed by atoms with Gasteiger partial charge in [-0.15, -0.1) is 0 Å². The molecular weight excluding hydrogens is 342 g/mol. The Morgan fingerprint density at radius 2 is 1.59 bits per heavy atom. The van der Waals surface area contributed by atoms with E-state index in [0.717, 1.165) is 16.3 Å². The molecule has 1 amide bonds. The van der Waals surface area contributed by atoms with Crippen molar-refractivity contribution in [3.63, 3.8) is 0 Å². The van der Waals surface area contributed by atoms with Crippen LogP contribution in [0.3, 0.4) is 0 Å². The molecule has 0 aliphatic heterocycles. The molecule has 0 fully saturated rings. The van der Waals surface area contributed by atoms with Crippen LogP contribution in [0.5, 0.6) is 0 Å². The number of benzene rings is 3. The van der Waals surface area contributed by atoms with Gasteiger partial charge in [-0.2, -0.15) is 0 Å². The summed E-state index contributed by atoms with van der Waals surface area (Å²) in [4.78, 5) is 35.3. The molecule has 3 rings (SSSR count). The molecule has 136 valence electrons. The Morgan fingerprint density at radius 1 is 0.889 bits per heavy atom. The van der Waals surface area contributed by atoms with E-state index in [2.05, 4.69) is 5.32 Å². The Morgan fingerprint density at radius 3 is 2.33 bits per heavy atom. The van der Waals surface area contributed by atoms with Crippen molar-refractivity contribution in [2.45, 2.75) is 13.3 Å². The summed E-state index contributed by atoms with van der Waals surface area (Å²) in [5.41, 5.74) is 1.89. The van der Waals surface area contributed by atoms with Crippen LogP contribution in [0.2, 0.25) is 0 Å². The van der Waals surface area contributed by atoms with E-state index >= 15 is 0 Å². The van der Waals surface area contributed by atoms with Gasteiger partial charge in [-0.1, -0.05) is 42.5 Å². The Kier molecular flexibility index (Phi) is 5.61. The number of hydrogen-bond acceptors (Lipinski definition) is 4. The van der Waals surface area contributed by atoms with Crippen molar-refractivity contribution in [3.05, 3.63) is 77.9 Å². The highest BCUT2D eigenvalue weighted by Crippen LogP contribution is 2.19. The van der Waals surface area contributed by atoms with Gasteiger partial charge in [0.2, 0.25) is 5.91 Å². The van der Waals surface area contributed by atoms with Crippen molar-refractivity contribution in [2.24, 2.45) is 0 Å². The predicted molar refractivity (Wildman–Crippen MR) is 104 cm³/mol. The van der Waals surface area contributed by atoms with Crippen molar-refractivity contribution >= 4 is 34.1 Å². The Balaban J connectivity index is 1.58. The van der Waals surface area contributed by atoms with Crippen LogP contribution in [-0.2, 0) is 20.7 Å². The van der Waals surface area contributed by atoms with Crippen LogP contribution in [0, 0.1) is 0 Å². The number of hydrogen-bond donors (Lipinski definition) is 1. The van der Waals surface area contributed by atoms with E-state index in [-0.39, 0.29) is 24.7 Å². The van der Waals surface area contributed by atoms with E-state index in [9.17, 15) is 14.4 Å². The lowest BCUT2D eigenvalue weighted by Crippen LogP contribution is -2.16. The van der Waals surface area contributed by atoms with Crippen molar-refractivity contribution in [1.82, 2.24) is 0 Å². The molecule has 3 aromatic rings. The second-order valence-electron chi connectivity index (χ2n) is 6.16. The zero-order valence-corrected chi connectivity index (χ0v) is 14.9. The number of amides is 1. The van der Waals surface area contributed by atoms with E-state index in [4.69, 9.17) is 4.74 Å². The van der Waals surface area contributed by atoms with Crippen LogP contribution in [0.1, 0.15) is 22.8 Å². The lowest BCUT2D eigenvalue weighted by molar-refractivity contribution is -0.141. The van der Waals surface area contributed by atoms with Gasteiger partial charge in [0.25, 0.3) is 0 Å². The van der Waals surface area contributed by atoms with Gasteiger partial charge < -0.3 is 10.1 Å². The maximum absolute atomic E-state index is 12.2. The minimum Gasteiger partial charge on any atom is -0.457 e. The number of fused-ring (bicyclic) bond motifs is 1. The van der Waals surface area contributed by atoms with Gasteiger partial charge in [-0.3, -0.25) is 14.4 Å². The molecule has 0 radical (unpaired) electrons. The number of ether oxygens (including phenoxy) is 1. The number of nitrogens with one attached hydrogen (secondary N) is 1. The number of carbonyl (C=O) groups excluding carboxylic acids is 3. The number of anilines is 1. The van der Waals surface area contributed by atoms with Crippen molar-refractivity contribution in [1.29, 1.82) is 0 Å². The third-order valence-corrected chi connectivity index (χ3v) is 4.11. The molecule has 5 nitrogen and oxygen atoms in total. The Labute approximate surface area is 157 Å². The second-order valence-corrected chi connectivity index (χ2v) is 6.16. The van der Waals surface area contributed by atoms with Crippen molar-refractivity contribution < 1.29 is 19.1 Å². The average molecular weight is 361 g/mol. The summed E-state index contributed by atoms with van der Waals surface area (Å²) in [6, 6.07) is 20.0. The first-order valence-electron chi connectivity index (χ1n) is 8.56. The number of ketones is 1. The highest BCUT2D eigenvalue weighted by Gasteiger charge is 2.12. The molecule has 0 heterocycles. The van der Waals surface area contributed by atoms with Crippen molar-refractivity contribution in [3.8, 4) is 0 Å². The first kappa shape index (κ1) is 18.3. The Bertz CT molecular complexity index is 987. The van der Waals surface area contributed by atoms with E-state index in [1.165, 1.54) is 6.92 Å². The first-order valence-corrected chi connectivity index (χ1v) is 8.56. The zero-order chi connectivity index (χ0) is 19.2. The van der Waals surface area contributed by atoms with Gasteiger partial charge in [0.1, 0.15) is 0 Å². The predicted octanol–water partition coefficient (Wildman–Crippen LogP) is 3.77. The molecule has 0 bridgehead atoms. The molecule has 0 aliphatic carbocycles. The molecule has 3 aromatic carbocycles. The monoisotopic (exact) mass is 361 g/mol. The van der Waals surface area contributed by atoms with Crippen LogP contribution in [-0.4, -0.2) is 24.3 Å². The lowest BCUT2D eigenvalue weighted by atomic mass is 10.0. The number of Topliss-reactive ketones (excluding diaryl/α,β-unsaturated/α-hetero) is 1. The molecule has 0 unspecified atom stereocenters. The highest BCUT2D eigenvalue weighted by atomic mass is 16.5. The van der Waals surface area contributed by atoms with Crippen molar-refractivity contribution in [2.75, 3.05) is 11.9 Å². The fraction of sp³-hybridized carbons (Fsp3) is 0.136. The minimum atomic E-state index is -0.449. The quantitative estimate of drug-likeness (QED) is 0.536. The highest BCUT2D eigenvalue weighted by molar-refractivity contribution is 5.99. The third-order valence-electron chi connectivity index (χ3n) is 4.11. The van der Waals surface area contributed by atoms with Gasteiger partial charge in [-0.05, 0) is 40.6 Å². The summed E-state index contributed by atoms with van der Waals surface area (Å²) in [5, 5.41) is 4.68. The van der Waals surface area contributed by atoms with Gasteiger partial charge in [0, 0.05) is 18.2 Å². The minimum absolute atomic E-state index is 0.107. The lowest BCUT2D eigenvalue weighted by Gasteiger charge is -2.08. The maximum atomic E-state index is 12.2. The topological polar surface area (TPSA) is 72.5 Å². The van der Waals surface area contributed by atoms with Gasteiger partial charge >= 0.3 is 5.97 Å². The van der Waals surface area contributed by atoms with E-state index in [1.807, 2.05) is 42.5 Å². The molecule has 0 saturated carbocycles. The van der Waals surface area contributed by atoms with Crippen LogP contribution in [0.15, 0.2) is 66.7 Å². The van der Waals surface area contributed by atoms with Crippen LogP contribution in [0.4, 0.5) is 5.69 Å². The molecule has 27 heavy (non-hydrogen) atoms. The summed E-state index contributed by atoms with van der Waals surface area (Å²) in [6.07, 6.45) is 0.107. The van der Waals surface area contributed by atoms with E-state index < -0.39 is 5.97 Å². The number of esters is 1. The van der Waals surface area contributed by atoms with Crippen LogP contribution in [0.25, 0.3) is 10.8 Å². The molecule has 0 atom stereocenters. The molecule has 0 aliphatic rings. The molecule has 5 heteroatoms. The Hall–Kier alpha value is -3.47. The zero-order valence-electron chi connectivity index (χ0n) is 14.9. The molecule has 0 aromatic heterocycles. The average Bonchev–Trinajstić information content (AvgIpc) is 2.66. The fourth-order valence-electron chi connectivity index (χ4n) is 2.83. The summed E-state index contributed by atoms with van der Waals surface area (Å²) in [7, 11) is 0. The van der Waals surface area contributed by atoms with Crippen LogP contribution < -0.4 is 5.32 Å². The summed E-state index contributed by atoms with van der Waals surface area (Å²) >= 11 is 0. The first-order chi connectivity index (χ1) is 13.0. The summed E-state index contributed by atoms with van der Waals surface area (Å²) < 4.78 is 5.15. The van der Waals surface area contributed by atoms with Gasteiger partial charge in [0.05, 0.1) is 6.42 Å². The second kappa shape index (κ2) is 8.27. The van der Waals surface area contributed by atoms with Gasteiger partial charge in [-0.25, -0.2) is 0 Å². The summed E-state index contributed by atoms with van der Waals surface area (Å²) in [6.45, 7) is 1.09. The SMILES string of the molecule is CC(=O)Nc1ccc(C(=O)COC(=O)Cc2cccc3ccccc23)cc1. The van der Waals surface area contributed by atoms with Crippen LogP contribution >= 0.6 is 0 Å².